The van der Waals surface area contributed by atoms with E-state index in [2.05, 4.69) is 10.2 Å². The molecule has 1 aromatic rings. The lowest BCUT2D eigenvalue weighted by molar-refractivity contribution is -0.140. The molecule has 3 fully saturated rings. The summed E-state index contributed by atoms with van der Waals surface area (Å²) >= 11 is 0. The summed E-state index contributed by atoms with van der Waals surface area (Å²) in [5, 5.41) is 3.47. The average molecular weight is 387 g/mol. The molecular weight excluding hydrogens is 357 g/mol. The molecule has 0 saturated carbocycles. The molecule has 1 N–H and O–H groups in total. The van der Waals surface area contributed by atoms with E-state index in [1.54, 1.807) is 12.1 Å². The number of nitrogens with zero attached hydrogens (tertiary/aromatic N) is 2. The van der Waals surface area contributed by atoms with E-state index in [4.69, 9.17) is 0 Å². The van der Waals surface area contributed by atoms with Gasteiger partial charge in [0.15, 0.2) is 0 Å². The normalized spacial score (nSPS) is 28.0. The first-order valence-electron chi connectivity index (χ1n) is 10.6. The first-order valence-corrected chi connectivity index (χ1v) is 10.6. The number of fused-ring (bicyclic) bond motifs is 1. The van der Waals surface area contributed by atoms with Gasteiger partial charge < -0.3 is 15.1 Å². The summed E-state index contributed by atoms with van der Waals surface area (Å²) in [6, 6.07) is 6.08. The van der Waals surface area contributed by atoms with Crippen LogP contribution in [0.4, 0.5) is 4.39 Å². The molecule has 0 spiro atoms. The summed E-state index contributed by atoms with van der Waals surface area (Å²) in [7, 11) is 0. The zero-order valence-electron chi connectivity index (χ0n) is 16.4. The number of hydrogen-bond donors (Lipinski definition) is 1. The van der Waals surface area contributed by atoms with Crippen molar-refractivity contribution >= 4 is 11.8 Å². The quantitative estimate of drug-likeness (QED) is 0.864. The Morgan fingerprint density at radius 1 is 0.964 bits per heavy atom. The van der Waals surface area contributed by atoms with E-state index in [1.165, 1.54) is 12.1 Å². The molecule has 3 aliphatic rings. The molecule has 3 heterocycles. The zero-order valence-corrected chi connectivity index (χ0v) is 16.4. The van der Waals surface area contributed by atoms with Crippen LogP contribution in [0.25, 0.3) is 0 Å². The Balaban J connectivity index is 1.33. The number of amides is 2. The summed E-state index contributed by atoms with van der Waals surface area (Å²) in [6.45, 7) is 5.09. The molecule has 3 atom stereocenters. The number of hydrogen-bond acceptors (Lipinski definition) is 3. The van der Waals surface area contributed by atoms with Crippen LogP contribution < -0.4 is 5.32 Å². The van der Waals surface area contributed by atoms with Crippen LogP contribution in [0.1, 0.15) is 31.2 Å². The molecule has 5 nitrogen and oxygen atoms in total. The number of rotatable bonds is 3. The van der Waals surface area contributed by atoms with Gasteiger partial charge in [-0.1, -0.05) is 12.1 Å². The molecule has 0 radical (unpaired) electrons. The highest BCUT2D eigenvalue weighted by Gasteiger charge is 2.35. The molecule has 3 saturated heterocycles. The largest absolute Gasteiger partial charge is 0.342 e. The van der Waals surface area contributed by atoms with Gasteiger partial charge in [-0.2, -0.15) is 0 Å². The van der Waals surface area contributed by atoms with Crippen LogP contribution in [0.3, 0.4) is 0 Å². The van der Waals surface area contributed by atoms with Crippen molar-refractivity contribution in [3.05, 3.63) is 35.6 Å². The summed E-state index contributed by atoms with van der Waals surface area (Å²) in [4.78, 5) is 29.7. The molecule has 4 rings (SSSR count). The standard InChI is InChI=1S/C22H30FN3O2/c23-20-5-3-16(4-6-20)12-21(27)26-9-1-2-19(15-26)22(28)25-10-7-17-13-24-14-18(17)8-11-25/h3-6,17-19,24H,1-2,7-15H2/t17-,18+,19?. The van der Waals surface area contributed by atoms with Crippen molar-refractivity contribution in [1.82, 2.24) is 15.1 Å². The number of carbonyl (C=O) groups is 2. The fourth-order valence-electron chi connectivity index (χ4n) is 4.99. The van der Waals surface area contributed by atoms with Crippen molar-refractivity contribution in [3.8, 4) is 0 Å². The highest BCUT2D eigenvalue weighted by atomic mass is 19.1. The highest BCUT2D eigenvalue weighted by Crippen LogP contribution is 2.29. The van der Waals surface area contributed by atoms with E-state index in [-0.39, 0.29) is 30.0 Å². The average Bonchev–Trinajstić information content (AvgIpc) is 3.07. The Morgan fingerprint density at radius 2 is 1.64 bits per heavy atom. The third-order valence-corrected chi connectivity index (χ3v) is 6.72. The van der Waals surface area contributed by atoms with Gasteiger partial charge in [-0.25, -0.2) is 4.39 Å². The monoisotopic (exact) mass is 387 g/mol. The Labute approximate surface area is 166 Å². The Kier molecular flexibility index (Phi) is 5.95. The van der Waals surface area contributed by atoms with Gasteiger partial charge in [0, 0.05) is 26.2 Å². The van der Waals surface area contributed by atoms with E-state index in [0.717, 1.165) is 57.4 Å². The molecular formula is C22H30FN3O2. The molecule has 152 valence electrons. The minimum absolute atomic E-state index is 0.0283. The van der Waals surface area contributed by atoms with E-state index in [1.807, 2.05) is 4.90 Å². The maximum Gasteiger partial charge on any atom is 0.227 e. The van der Waals surface area contributed by atoms with Crippen LogP contribution in [-0.4, -0.2) is 60.9 Å². The van der Waals surface area contributed by atoms with Gasteiger partial charge in [-0.15, -0.1) is 0 Å². The smallest absolute Gasteiger partial charge is 0.227 e. The summed E-state index contributed by atoms with van der Waals surface area (Å²) in [5.74, 6) is 1.29. The Morgan fingerprint density at radius 3 is 2.32 bits per heavy atom. The van der Waals surface area contributed by atoms with Crippen molar-refractivity contribution in [2.45, 2.75) is 32.1 Å². The van der Waals surface area contributed by atoms with Crippen molar-refractivity contribution in [3.63, 3.8) is 0 Å². The van der Waals surface area contributed by atoms with E-state index in [9.17, 15) is 14.0 Å². The van der Waals surface area contributed by atoms with Crippen molar-refractivity contribution < 1.29 is 14.0 Å². The van der Waals surface area contributed by atoms with Crippen molar-refractivity contribution in [2.75, 3.05) is 39.3 Å². The molecule has 0 bridgehead atoms. The summed E-state index contributed by atoms with van der Waals surface area (Å²) in [6.07, 6.45) is 4.17. The van der Waals surface area contributed by atoms with Crippen LogP contribution >= 0.6 is 0 Å². The van der Waals surface area contributed by atoms with Gasteiger partial charge in [-0.05, 0) is 68.3 Å². The lowest BCUT2D eigenvalue weighted by Crippen LogP contribution is -2.47. The second kappa shape index (κ2) is 8.60. The van der Waals surface area contributed by atoms with E-state index >= 15 is 0 Å². The predicted molar refractivity (Wildman–Crippen MR) is 105 cm³/mol. The molecule has 2 amide bonds. The van der Waals surface area contributed by atoms with Gasteiger partial charge in [0.25, 0.3) is 0 Å². The van der Waals surface area contributed by atoms with E-state index in [0.29, 0.717) is 24.9 Å². The van der Waals surface area contributed by atoms with Crippen LogP contribution in [0.5, 0.6) is 0 Å². The van der Waals surface area contributed by atoms with Crippen LogP contribution in [-0.2, 0) is 16.0 Å². The minimum atomic E-state index is -0.294. The van der Waals surface area contributed by atoms with Gasteiger partial charge in [0.05, 0.1) is 12.3 Å². The summed E-state index contributed by atoms with van der Waals surface area (Å²) < 4.78 is 13.1. The zero-order chi connectivity index (χ0) is 19.5. The lowest BCUT2D eigenvalue weighted by atomic mass is 9.92. The van der Waals surface area contributed by atoms with Gasteiger partial charge in [0.1, 0.15) is 5.82 Å². The van der Waals surface area contributed by atoms with E-state index < -0.39 is 0 Å². The number of nitrogens with one attached hydrogen (secondary N) is 1. The molecule has 0 aliphatic carbocycles. The topological polar surface area (TPSA) is 52.7 Å². The number of benzene rings is 1. The second-order valence-electron chi connectivity index (χ2n) is 8.56. The molecule has 28 heavy (non-hydrogen) atoms. The predicted octanol–water partition coefficient (Wildman–Crippen LogP) is 2.06. The minimum Gasteiger partial charge on any atom is -0.342 e. The van der Waals surface area contributed by atoms with Crippen LogP contribution in [0.2, 0.25) is 0 Å². The number of carbonyl (C=O) groups excluding carboxylic acids is 2. The number of halogens is 1. The fraction of sp³-hybridized carbons (Fsp3) is 0.636. The molecule has 1 aromatic carbocycles. The molecule has 3 aliphatic heterocycles. The SMILES string of the molecule is O=C(Cc1ccc(F)cc1)N1CCCC(C(=O)N2CC[C@@H]3CNC[C@@H]3CC2)C1. The number of likely N-dealkylation sites (tertiary alicyclic amines) is 2. The van der Waals surface area contributed by atoms with Crippen LogP contribution in [0, 0.1) is 23.6 Å². The first kappa shape index (κ1) is 19.4. The third kappa shape index (κ3) is 4.37. The number of piperidine rings is 1. The maximum absolute atomic E-state index is 13.1. The molecule has 0 aromatic heterocycles. The second-order valence-corrected chi connectivity index (χ2v) is 8.56. The molecule has 1 unspecified atom stereocenters. The van der Waals surface area contributed by atoms with Gasteiger partial charge in [0.2, 0.25) is 11.8 Å². The highest BCUT2D eigenvalue weighted by molar-refractivity contribution is 5.82. The maximum atomic E-state index is 13.1. The first-order chi connectivity index (χ1) is 13.6. The Bertz CT molecular complexity index is 694. The van der Waals surface area contributed by atoms with Crippen molar-refractivity contribution in [1.29, 1.82) is 0 Å². The summed E-state index contributed by atoms with van der Waals surface area (Å²) in [5.41, 5.74) is 0.813. The van der Waals surface area contributed by atoms with Gasteiger partial charge >= 0.3 is 0 Å². The van der Waals surface area contributed by atoms with Crippen LogP contribution in [0.15, 0.2) is 24.3 Å². The Hall–Kier alpha value is -1.95. The fourth-order valence-corrected chi connectivity index (χ4v) is 4.99. The van der Waals surface area contributed by atoms with Gasteiger partial charge in [-0.3, -0.25) is 9.59 Å². The molecule has 6 heteroatoms. The lowest BCUT2D eigenvalue weighted by Gasteiger charge is -2.35. The third-order valence-electron chi connectivity index (χ3n) is 6.72. The van der Waals surface area contributed by atoms with Crippen molar-refractivity contribution in [2.24, 2.45) is 17.8 Å².